The van der Waals surface area contributed by atoms with Crippen molar-refractivity contribution in [3.63, 3.8) is 0 Å². The fourth-order valence-electron chi connectivity index (χ4n) is 3.20. The van der Waals surface area contributed by atoms with E-state index in [1.165, 1.54) is 18.2 Å². The van der Waals surface area contributed by atoms with Gasteiger partial charge in [-0.15, -0.1) is 11.8 Å². The normalized spacial score (nSPS) is 14.7. The Kier molecular flexibility index (Phi) is 5.95. The van der Waals surface area contributed by atoms with Crippen LogP contribution in [-0.2, 0) is 15.3 Å². The van der Waals surface area contributed by atoms with Crippen molar-refractivity contribution in [1.82, 2.24) is 5.43 Å². The van der Waals surface area contributed by atoms with Crippen LogP contribution in [0.5, 0.6) is 11.5 Å². The molecule has 0 saturated carbocycles. The van der Waals surface area contributed by atoms with Gasteiger partial charge in [-0.05, 0) is 48.0 Å². The Hall–Kier alpha value is -3.71. The van der Waals surface area contributed by atoms with Gasteiger partial charge in [-0.3, -0.25) is 15.0 Å². The third-order valence-electron chi connectivity index (χ3n) is 4.75. The molecule has 2 amide bonds. The van der Waals surface area contributed by atoms with Gasteiger partial charge in [0.2, 0.25) is 0 Å². The Labute approximate surface area is 184 Å². The second-order valence-corrected chi connectivity index (χ2v) is 7.86. The van der Waals surface area contributed by atoms with E-state index in [4.69, 9.17) is 4.74 Å². The Bertz CT molecular complexity index is 1150. The zero-order chi connectivity index (χ0) is 21.8. The smallest absolute Gasteiger partial charge is 0.282 e. The topological polar surface area (TPSA) is 78.9 Å². The molecule has 0 radical (unpaired) electrons. The van der Waals surface area contributed by atoms with Crippen molar-refractivity contribution in [3.05, 3.63) is 89.5 Å². The van der Waals surface area contributed by atoms with E-state index in [1.807, 2.05) is 36.4 Å². The number of phenols is 1. The summed E-state index contributed by atoms with van der Waals surface area (Å²) in [6.45, 7) is 0. The summed E-state index contributed by atoms with van der Waals surface area (Å²) in [6, 6.07) is 22.1. The van der Waals surface area contributed by atoms with E-state index in [2.05, 4.69) is 5.43 Å². The van der Waals surface area contributed by atoms with Crippen molar-refractivity contribution in [2.75, 3.05) is 12.1 Å². The number of benzene rings is 3. The fraction of sp³-hybridized carbons (Fsp3) is 0.0833. The van der Waals surface area contributed by atoms with Crippen molar-refractivity contribution in [3.8, 4) is 11.5 Å². The van der Waals surface area contributed by atoms with Gasteiger partial charge in [0, 0.05) is 16.2 Å². The quantitative estimate of drug-likeness (QED) is 0.348. The predicted octanol–water partition coefficient (Wildman–Crippen LogP) is 4.15. The van der Waals surface area contributed by atoms with Gasteiger partial charge in [-0.2, -0.15) is 0 Å². The lowest BCUT2D eigenvalue weighted by Gasteiger charge is -2.14. The number of phenolic OH excluding ortho intramolecular Hbond substituents is 1. The summed E-state index contributed by atoms with van der Waals surface area (Å²) in [5.74, 6) is -0.103. The van der Waals surface area contributed by atoms with Gasteiger partial charge in [-0.1, -0.05) is 36.4 Å². The first-order chi connectivity index (χ1) is 15.1. The number of carbonyl (C=O) groups excluding carboxylic acids is 2. The molecule has 0 unspecified atom stereocenters. The third kappa shape index (κ3) is 4.41. The summed E-state index contributed by atoms with van der Waals surface area (Å²) in [5, 5.41) is 11.8. The van der Waals surface area contributed by atoms with Crippen molar-refractivity contribution >= 4 is 35.3 Å². The first kappa shape index (κ1) is 20.6. The van der Waals surface area contributed by atoms with Gasteiger partial charge < -0.3 is 9.84 Å². The monoisotopic (exact) mass is 432 g/mol. The molecule has 1 saturated heterocycles. The van der Waals surface area contributed by atoms with Crippen LogP contribution >= 0.6 is 11.8 Å². The van der Waals surface area contributed by atoms with Gasteiger partial charge in [0.1, 0.15) is 5.57 Å². The number of methoxy groups -OCH3 is 1. The van der Waals surface area contributed by atoms with E-state index >= 15 is 0 Å². The van der Waals surface area contributed by atoms with Crippen LogP contribution in [-0.4, -0.2) is 24.0 Å². The molecular formula is C24H20N2O4S. The molecule has 0 atom stereocenters. The number of rotatable bonds is 6. The largest absolute Gasteiger partial charge is 0.504 e. The van der Waals surface area contributed by atoms with Gasteiger partial charge >= 0.3 is 0 Å². The second-order valence-electron chi connectivity index (χ2n) is 6.81. The van der Waals surface area contributed by atoms with Crippen molar-refractivity contribution in [2.45, 2.75) is 10.6 Å². The van der Waals surface area contributed by atoms with E-state index in [-0.39, 0.29) is 17.1 Å². The lowest BCUT2D eigenvalue weighted by molar-refractivity contribution is -0.117. The SMILES string of the molecule is COc1cc(/C=C2\C(=O)NN(c3ccccc3)C2=O)cc(CSc2ccccc2)c1O. The maximum absolute atomic E-state index is 12.8. The van der Waals surface area contributed by atoms with Gasteiger partial charge in [-0.25, -0.2) is 5.01 Å². The average Bonchev–Trinajstić information content (AvgIpc) is 3.08. The molecule has 6 nitrogen and oxygen atoms in total. The molecule has 1 fully saturated rings. The van der Waals surface area contributed by atoms with E-state index in [9.17, 15) is 14.7 Å². The van der Waals surface area contributed by atoms with Crippen LogP contribution < -0.4 is 15.2 Å². The minimum atomic E-state index is -0.485. The number of anilines is 1. The Balaban J connectivity index is 1.63. The molecule has 156 valence electrons. The molecule has 1 aliphatic rings. The number of thioether (sulfide) groups is 1. The van der Waals surface area contributed by atoms with Crippen LogP contribution in [0.2, 0.25) is 0 Å². The van der Waals surface area contributed by atoms with Crippen molar-refractivity contribution in [2.24, 2.45) is 0 Å². The fourth-order valence-corrected chi connectivity index (χ4v) is 4.09. The molecular weight excluding hydrogens is 412 g/mol. The molecule has 0 bridgehead atoms. The lowest BCUT2D eigenvalue weighted by atomic mass is 10.1. The summed E-state index contributed by atoms with van der Waals surface area (Å²) in [7, 11) is 1.46. The molecule has 7 heteroatoms. The van der Waals surface area contributed by atoms with Gasteiger partial charge in [0.15, 0.2) is 11.5 Å². The summed E-state index contributed by atoms with van der Waals surface area (Å²) in [4.78, 5) is 26.4. The van der Waals surface area contributed by atoms with Crippen molar-refractivity contribution in [1.29, 1.82) is 0 Å². The number of nitrogens with zero attached hydrogens (tertiary/aromatic N) is 1. The first-order valence-electron chi connectivity index (χ1n) is 9.56. The zero-order valence-electron chi connectivity index (χ0n) is 16.7. The number of para-hydroxylation sites is 1. The molecule has 3 aromatic rings. The molecule has 4 rings (SSSR count). The van der Waals surface area contributed by atoms with Crippen LogP contribution in [0.4, 0.5) is 5.69 Å². The summed E-state index contributed by atoms with van der Waals surface area (Å²) in [6.07, 6.45) is 1.51. The number of hydrogen-bond donors (Lipinski definition) is 2. The number of nitrogens with one attached hydrogen (secondary N) is 1. The molecule has 0 spiro atoms. The average molecular weight is 433 g/mol. The van der Waals surface area contributed by atoms with Crippen LogP contribution in [0, 0.1) is 0 Å². The highest BCUT2D eigenvalue weighted by Crippen LogP contribution is 2.36. The highest BCUT2D eigenvalue weighted by molar-refractivity contribution is 7.98. The zero-order valence-corrected chi connectivity index (χ0v) is 17.6. The van der Waals surface area contributed by atoms with E-state index in [0.29, 0.717) is 22.6 Å². The molecule has 1 heterocycles. The Morgan fingerprint density at radius 3 is 2.39 bits per heavy atom. The van der Waals surface area contributed by atoms with Gasteiger partial charge in [0.05, 0.1) is 12.8 Å². The molecule has 31 heavy (non-hydrogen) atoms. The van der Waals surface area contributed by atoms with Crippen LogP contribution in [0.1, 0.15) is 11.1 Å². The number of amides is 2. The molecule has 0 aromatic heterocycles. The van der Waals surface area contributed by atoms with Gasteiger partial charge in [0.25, 0.3) is 11.8 Å². The Morgan fingerprint density at radius 1 is 1.03 bits per heavy atom. The van der Waals surface area contributed by atoms with Crippen LogP contribution in [0.25, 0.3) is 6.08 Å². The molecule has 3 aromatic carbocycles. The highest BCUT2D eigenvalue weighted by atomic mass is 32.2. The maximum atomic E-state index is 12.8. The van der Waals surface area contributed by atoms with Crippen LogP contribution in [0.3, 0.4) is 0 Å². The number of hydrogen-bond acceptors (Lipinski definition) is 5. The first-order valence-corrected chi connectivity index (χ1v) is 10.6. The molecule has 2 N–H and O–H groups in total. The van der Waals surface area contributed by atoms with E-state index < -0.39 is 11.8 Å². The lowest BCUT2D eigenvalue weighted by Crippen LogP contribution is -2.35. The maximum Gasteiger partial charge on any atom is 0.282 e. The summed E-state index contributed by atoms with van der Waals surface area (Å²) in [5.41, 5.74) is 4.41. The molecule has 1 aliphatic heterocycles. The number of aromatic hydroxyl groups is 1. The highest BCUT2D eigenvalue weighted by Gasteiger charge is 2.34. The van der Waals surface area contributed by atoms with E-state index in [0.717, 1.165) is 4.90 Å². The molecule has 0 aliphatic carbocycles. The number of hydrazine groups is 1. The minimum absolute atomic E-state index is 0.0123. The second kappa shape index (κ2) is 8.97. The van der Waals surface area contributed by atoms with E-state index in [1.54, 1.807) is 48.2 Å². The Morgan fingerprint density at radius 2 is 1.71 bits per heavy atom. The predicted molar refractivity (Wildman–Crippen MR) is 121 cm³/mol. The standard InChI is InChI=1S/C24H20N2O4S/c1-30-21-14-16(12-17(22(21)27)15-31-19-10-6-3-7-11-19)13-20-23(28)25-26(24(20)29)18-8-4-2-5-9-18/h2-14,27H,15H2,1H3,(H,25,28)/b20-13+. The number of ether oxygens (including phenoxy) is 1. The number of carbonyl (C=O) groups is 2. The summed E-state index contributed by atoms with van der Waals surface area (Å²) < 4.78 is 5.30. The third-order valence-corrected chi connectivity index (χ3v) is 5.81. The van der Waals surface area contributed by atoms with Crippen molar-refractivity contribution < 1.29 is 19.4 Å². The minimum Gasteiger partial charge on any atom is -0.504 e. The summed E-state index contributed by atoms with van der Waals surface area (Å²) >= 11 is 1.57. The van der Waals surface area contributed by atoms with Crippen LogP contribution in [0.15, 0.2) is 83.3 Å².